The number of carbonyl (C=O) groups excluding carboxylic acids is 1. The molecule has 0 atom stereocenters. The van der Waals surface area contributed by atoms with E-state index in [9.17, 15) is 4.79 Å². The topological polar surface area (TPSA) is 106 Å². The molecule has 0 aliphatic rings. The highest BCUT2D eigenvalue weighted by Crippen LogP contribution is 2.18. The highest BCUT2D eigenvalue weighted by molar-refractivity contribution is 7.99. The Bertz CT molecular complexity index is 816. The Morgan fingerprint density at radius 3 is 2.88 bits per heavy atom. The molecule has 0 aliphatic carbocycles. The number of carbonyl (C=O) groups is 1. The van der Waals surface area contributed by atoms with Gasteiger partial charge in [0.2, 0.25) is 16.3 Å². The quantitative estimate of drug-likeness (QED) is 0.485. The summed E-state index contributed by atoms with van der Waals surface area (Å²) in [6.07, 6.45) is 1.57. The van der Waals surface area contributed by atoms with Gasteiger partial charge in [-0.25, -0.2) is 0 Å². The molecule has 11 heteroatoms. The van der Waals surface area contributed by atoms with Gasteiger partial charge in [0, 0.05) is 0 Å². The molecular formula is C13H15N8O2S+. The maximum absolute atomic E-state index is 12.0. The van der Waals surface area contributed by atoms with Crippen molar-refractivity contribution in [3.8, 4) is 5.69 Å². The largest absolute Gasteiger partial charge is 0.305 e. The summed E-state index contributed by atoms with van der Waals surface area (Å²) in [5.41, 5.74) is 0.827. The Kier molecular flexibility index (Phi) is 4.70. The summed E-state index contributed by atoms with van der Waals surface area (Å²) in [4.78, 5) is 13.5. The van der Waals surface area contributed by atoms with Gasteiger partial charge in [-0.1, -0.05) is 30.0 Å². The molecular weight excluding hydrogens is 332 g/mol. The van der Waals surface area contributed by atoms with Crippen LogP contribution in [0.25, 0.3) is 5.69 Å². The zero-order chi connectivity index (χ0) is 16.9. The third-order valence-corrected chi connectivity index (χ3v) is 3.82. The number of nitrogens with one attached hydrogen (secondary N) is 1. The van der Waals surface area contributed by atoms with E-state index in [1.807, 2.05) is 30.3 Å². The molecule has 10 nitrogen and oxygen atoms in total. The molecule has 2 heterocycles. The minimum atomic E-state index is -0.246. The summed E-state index contributed by atoms with van der Waals surface area (Å²) in [7, 11) is 3.60. The van der Waals surface area contributed by atoms with Crippen molar-refractivity contribution in [1.82, 2.24) is 25.5 Å². The lowest BCUT2D eigenvalue weighted by Crippen LogP contribution is -2.53. The molecule has 2 aromatic heterocycles. The molecule has 3 rings (SSSR count). The first-order chi connectivity index (χ1) is 11.6. The van der Waals surface area contributed by atoms with Gasteiger partial charge < -0.3 is 0 Å². The number of amides is 1. The van der Waals surface area contributed by atoms with E-state index in [4.69, 9.17) is 4.52 Å². The second kappa shape index (κ2) is 7.08. The number of nitrogens with zero attached hydrogens (tertiary/aromatic N) is 7. The van der Waals surface area contributed by atoms with E-state index in [2.05, 4.69) is 26.1 Å². The summed E-state index contributed by atoms with van der Waals surface area (Å²) in [5, 5.41) is 20.1. The third kappa shape index (κ3) is 3.68. The van der Waals surface area contributed by atoms with E-state index < -0.39 is 0 Å². The lowest BCUT2D eigenvalue weighted by Gasteiger charge is -2.03. The molecule has 1 aromatic carbocycles. The summed E-state index contributed by atoms with van der Waals surface area (Å²) >= 11 is 1.22. The van der Waals surface area contributed by atoms with Gasteiger partial charge in [-0.15, -0.1) is 5.10 Å². The smallest absolute Gasteiger partial charge is 0.288 e. The summed E-state index contributed by atoms with van der Waals surface area (Å²) in [6.45, 7) is 0. The number of anilines is 1. The number of rotatable bonds is 6. The molecule has 0 spiro atoms. The number of para-hydroxylation sites is 1. The Balaban J connectivity index is 1.60. The molecule has 1 amide bonds. The number of hydrogen-bond donors (Lipinski definition) is 1. The number of tetrazole rings is 1. The van der Waals surface area contributed by atoms with E-state index in [1.165, 1.54) is 16.6 Å². The number of aromatic nitrogens is 6. The standard InChI is InChI=1S/C13H14N8O2S/c1-19(2)20-8-12(23-18-20)14-11(22)9-24-13-15-16-17-21(13)10-6-4-3-5-7-10/h3-8H,9H2,1-2H3/p+1. The van der Waals surface area contributed by atoms with Crippen molar-refractivity contribution in [3.05, 3.63) is 36.5 Å². The maximum Gasteiger partial charge on any atom is 0.305 e. The first kappa shape index (κ1) is 15.9. The van der Waals surface area contributed by atoms with Crippen LogP contribution in [0.4, 0.5) is 5.88 Å². The van der Waals surface area contributed by atoms with Gasteiger partial charge in [-0.05, 0) is 22.6 Å². The van der Waals surface area contributed by atoms with Crippen LogP contribution in [-0.4, -0.2) is 51.2 Å². The fourth-order valence-corrected chi connectivity index (χ4v) is 2.48. The van der Waals surface area contributed by atoms with Crippen molar-refractivity contribution in [3.63, 3.8) is 0 Å². The first-order valence-corrected chi connectivity index (χ1v) is 7.95. The van der Waals surface area contributed by atoms with Gasteiger partial charge in [0.05, 0.1) is 30.3 Å². The highest BCUT2D eigenvalue weighted by Gasteiger charge is 2.17. The summed E-state index contributed by atoms with van der Waals surface area (Å²) in [5.74, 6) is 0.150. The van der Waals surface area contributed by atoms with Crippen LogP contribution in [0.2, 0.25) is 0 Å². The van der Waals surface area contributed by atoms with Crippen molar-refractivity contribution in [1.29, 1.82) is 0 Å². The summed E-state index contributed by atoms with van der Waals surface area (Å²) in [6, 6.07) is 9.46. The Labute approximate surface area is 141 Å². The monoisotopic (exact) mass is 347 g/mol. The van der Waals surface area contributed by atoms with Gasteiger partial charge in [0.15, 0.2) is 0 Å². The van der Waals surface area contributed by atoms with Crippen LogP contribution in [0.3, 0.4) is 0 Å². The van der Waals surface area contributed by atoms with Crippen molar-refractivity contribution >= 4 is 23.6 Å². The molecule has 124 valence electrons. The fourth-order valence-electron chi connectivity index (χ4n) is 1.79. The van der Waals surface area contributed by atoms with Gasteiger partial charge in [-0.2, -0.15) is 9.69 Å². The van der Waals surface area contributed by atoms with Crippen molar-refractivity contribution < 1.29 is 14.1 Å². The predicted molar refractivity (Wildman–Crippen MR) is 85.3 cm³/mol. The molecule has 3 aromatic rings. The lowest BCUT2D eigenvalue weighted by atomic mass is 10.3. The lowest BCUT2D eigenvalue weighted by molar-refractivity contribution is -0.753. The average Bonchev–Trinajstić information content (AvgIpc) is 3.23. The second-order valence-electron chi connectivity index (χ2n) is 4.88. The molecule has 1 N–H and O–H groups in total. The number of benzene rings is 1. The Morgan fingerprint density at radius 2 is 2.17 bits per heavy atom. The summed E-state index contributed by atoms with van der Waals surface area (Å²) < 4.78 is 6.59. The molecule has 0 saturated carbocycles. The molecule has 0 saturated heterocycles. The van der Waals surface area contributed by atoms with Crippen LogP contribution in [0, 0.1) is 0 Å². The van der Waals surface area contributed by atoms with Gasteiger partial charge in [-0.3, -0.25) is 14.6 Å². The first-order valence-electron chi connectivity index (χ1n) is 6.96. The third-order valence-electron chi connectivity index (χ3n) is 2.90. The predicted octanol–water partition coefficient (Wildman–Crippen LogP) is -0.134. The van der Waals surface area contributed by atoms with Crippen LogP contribution in [0.5, 0.6) is 0 Å². The maximum atomic E-state index is 12.0. The van der Waals surface area contributed by atoms with Crippen LogP contribution in [-0.2, 0) is 4.79 Å². The van der Waals surface area contributed by atoms with E-state index in [0.717, 1.165) is 5.69 Å². The van der Waals surface area contributed by atoms with E-state index in [-0.39, 0.29) is 17.5 Å². The molecule has 0 radical (unpaired) electrons. The molecule has 0 aliphatic heterocycles. The SMILES string of the molecule is CN(C)[n+]1cc(NC(=O)CSc2nnnn2-c2ccccc2)on1. The van der Waals surface area contributed by atoms with Crippen LogP contribution < -0.4 is 15.1 Å². The van der Waals surface area contributed by atoms with Crippen LogP contribution >= 0.6 is 11.8 Å². The van der Waals surface area contributed by atoms with E-state index in [0.29, 0.717) is 5.16 Å². The van der Waals surface area contributed by atoms with Crippen molar-refractivity contribution in [2.75, 3.05) is 30.2 Å². The van der Waals surface area contributed by atoms with Gasteiger partial charge >= 0.3 is 5.88 Å². The van der Waals surface area contributed by atoms with Crippen LogP contribution in [0.15, 0.2) is 46.2 Å². The minimum absolute atomic E-state index is 0.135. The normalized spacial score (nSPS) is 10.6. The van der Waals surface area contributed by atoms with E-state index in [1.54, 1.807) is 30.0 Å². The Hall–Kier alpha value is -2.95. The van der Waals surface area contributed by atoms with Crippen molar-refractivity contribution in [2.24, 2.45) is 0 Å². The zero-order valence-electron chi connectivity index (χ0n) is 13.0. The average molecular weight is 347 g/mol. The molecule has 24 heavy (non-hydrogen) atoms. The molecule has 0 bridgehead atoms. The minimum Gasteiger partial charge on any atom is -0.288 e. The van der Waals surface area contributed by atoms with Crippen LogP contribution in [0.1, 0.15) is 0 Å². The van der Waals surface area contributed by atoms with E-state index >= 15 is 0 Å². The van der Waals surface area contributed by atoms with Crippen molar-refractivity contribution in [2.45, 2.75) is 5.16 Å². The van der Waals surface area contributed by atoms with Gasteiger partial charge in [0.1, 0.15) is 0 Å². The molecule has 0 fully saturated rings. The number of hydrogen-bond acceptors (Lipinski definition) is 8. The zero-order valence-corrected chi connectivity index (χ0v) is 13.8. The Morgan fingerprint density at radius 1 is 1.38 bits per heavy atom. The fraction of sp³-hybridized carbons (Fsp3) is 0.231. The highest BCUT2D eigenvalue weighted by atomic mass is 32.2. The van der Waals surface area contributed by atoms with Gasteiger partial charge in [0.25, 0.3) is 6.20 Å². The molecule has 0 unspecified atom stereocenters. The second-order valence-corrected chi connectivity index (χ2v) is 5.82. The number of thioether (sulfide) groups is 1.